The third-order valence-electron chi connectivity index (χ3n) is 0.493. The van der Waals surface area contributed by atoms with Crippen LogP contribution in [-0.4, -0.2) is 13.1 Å². The average molecular weight is 132 g/mol. The molecule has 3 N–H and O–H groups in total. The fraction of sp³-hybridized carbons (Fsp3) is 0.250. The standard InChI is InChI=1S/C4H8N2O3/c1-3(8-2)9-6-4(5)7/h1H2,2H3,(H3,5,6,7). The van der Waals surface area contributed by atoms with Crippen molar-refractivity contribution in [2.24, 2.45) is 5.73 Å². The van der Waals surface area contributed by atoms with Crippen LogP contribution in [0.4, 0.5) is 4.79 Å². The number of nitrogens with two attached hydrogens (primary N) is 1. The molecule has 0 aromatic carbocycles. The van der Waals surface area contributed by atoms with E-state index >= 15 is 0 Å². The molecule has 0 aliphatic carbocycles. The first-order valence-corrected chi connectivity index (χ1v) is 2.12. The van der Waals surface area contributed by atoms with Gasteiger partial charge >= 0.3 is 6.03 Å². The minimum atomic E-state index is -0.798. The topological polar surface area (TPSA) is 73.6 Å². The molecular formula is C4H8N2O3. The van der Waals surface area contributed by atoms with Gasteiger partial charge in [0.2, 0.25) is 0 Å². The zero-order valence-electron chi connectivity index (χ0n) is 5.01. The molecule has 0 aliphatic heterocycles. The van der Waals surface area contributed by atoms with E-state index < -0.39 is 6.03 Å². The molecule has 0 aromatic rings. The zero-order valence-corrected chi connectivity index (χ0v) is 5.01. The Morgan fingerprint density at radius 3 is 2.67 bits per heavy atom. The smallest absolute Gasteiger partial charge is 0.345 e. The van der Waals surface area contributed by atoms with Gasteiger partial charge in [-0.25, -0.2) is 4.79 Å². The molecular weight excluding hydrogens is 124 g/mol. The van der Waals surface area contributed by atoms with Gasteiger partial charge in [0.25, 0.3) is 5.95 Å². The summed E-state index contributed by atoms with van der Waals surface area (Å²) in [6, 6.07) is -0.798. The van der Waals surface area contributed by atoms with Crippen molar-refractivity contribution in [2.75, 3.05) is 7.11 Å². The Morgan fingerprint density at radius 1 is 1.78 bits per heavy atom. The second kappa shape index (κ2) is 3.59. The number of primary amides is 1. The molecule has 0 aromatic heterocycles. The molecule has 0 saturated heterocycles. The molecule has 2 amide bonds. The molecule has 0 radical (unpaired) electrons. The minimum absolute atomic E-state index is 0.0196. The number of carbonyl (C=O) groups is 1. The van der Waals surface area contributed by atoms with Gasteiger partial charge in [-0.05, 0) is 6.58 Å². The van der Waals surface area contributed by atoms with Gasteiger partial charge in [0.05, 0.1) is 7.11 Å². The molecule has 0 aliphatic rings. The quantitative estimate of drug-likeness (QED) is 0.409. The summed E-state index contributed by atoms with van der Waals surface area (Å²) in [7, 11) is 1.35. The molecule has 9 heavy (non-hydrogen) atoms. The molecule has 0 heterocycles. The summed E-state index contributed by atoms with van der Waals surface area (Å²) in [5, 5.41) is 0. The molecule has 0 atom stereocenters. The molecule has 52 valence electrons. The van der Waals surface area contributed by atoms with Crippen molar-refractivity contribution >= 4 is 6.03 Å². The number of hydrogen-bond acceptors (Lipinski definition) is 3. The maximum Gasteiger partial charge on any atom is 0.345 e. The van der Waals surface area contributed by atoms with Crippen LogP contribution in [0.5, 0.6) is 0 Å². The number of urea groups is 1. The summed E-state index contributed by atoms with van der Waals surface area (Å²) < 4.78 is 4.41. The molecule has 0 saturated carbocycles. The molecule has 0 bridgehead atoms. The van der Waals surface area contributed by atoms with Crippen LogP contribution >= 0.6 is 0 Å². The summed E-state index contributed by atoms with van der Waals surface area (Å²) in [6.07, 6.45) is 0. The van der Waals surface area contributed by atoms with Crippen molar-refractivity contribution in [2.45, 2.75) is 0 Å². The molecule has 5 heteroatoms. The minimum Gasteiger partial charge on any atom is -0.468 e. The van der Waals surface area contributed by atoms with Gasteiger partial charge in [-0.15, -0.1) is 0 Å². The zero-order chi connectivity index (χ0) is 7.28. The van der Waals surface area contributed by atoms with Crippen LogP contribution in [0.2, 0.25) is 0 Å². The van der Waals surface area contributed by atoms with Crippen molar-refractivity contribution in [1.29, 1.82) is 0 Å². The third kappa shape index (κ3) is 4.46. The number of hydrogen-bond donors (Lipinski definition) is 2. The van der Waals surface area contributed by atoms with E-state index in [4.69, 9.17) is 0 Å². The lowest BCUT2D eigenvalue weighted by Crippen LogP contribution is -2.29. The van der Waals surface area contributed by atoms with Crippen molar-refractivity contribution in [3.8, 4) is 0 Å². The van der Waals surface area contributed by atoms with E-state index in [0.717, 1.165) is 0 Å². The lowest BCUT2D eigenvalue weighted by Gasteiger charge is -2.03. The second-order valence-corrected chi connectivity index (χ2v) is 1.14. The van der Waals surface area contributed by atoms with Crippen molar-refractivity contribution in [1.82, 2.24) is 5.48 Å². The molecule has 0 unspecified atom stereocenters. The molecule has 0 spiro atoms. The van der Waals surface area contributed by atoms with Crippen LogP contribution in [0.3, 0.4) is 0 Å². The van der Waals surface area contributed by atoms with E-state index in [0.29, 0.717) is 0 Å². The Hall–Kier alpha value is -1.39. The van der Waals surface area contributed by atoms with E-state index in [1.807, 2.05) is 5.48 Å². The highest BCUT2D eigenvalue weighted by Gasteiger charge is 1.92. The van der Waals surface area contributed by atoms with Crippen LogP contribution in [0.1, 0.15) is 0 Å². The number of carbonyl (C=O) groups excluding carboxylic acids is 1. The van der Waals surface area contributed by atoms with E-state index in [9.17, 15) is 4.79 Å². The van der Waals surface area contributed by atoms with Gasteiger partial charge < -0.3 is 15.3 Å². The maximum atomic E-state index is 9.91. The number of ether oxygens (including phenoxy) is 1. The van der Waals surface area contributed by atoms with Gasteiger partial charge in [-0.3, -0.25) is 0 Å². The normalized spacial score (nSPS) is 7.67. The van der Waals surface area contributed by atoms with Crippen LogP contribution in [0.25, 0.3) is 0 Å². The number of nitrogens with one attached hydrogen (secondary N) is 1. The number of rotatable bonds is 3. The fourth-order valence-electron chi connectivity index (χ4n) is 0.149. The van der Waals surface area contributed by atoms with Gasteiger partial charge in [0, 0.05) is 0 Å². The fourth-order valence-corrected chi connectivity index (χ4v) is 0.149. The maximum absolute atomic E-state index is 9.91. The second-order valence-electron chi connectivity index (χ2n) is 1.14. The summed E-state index contributed by atoms with van der Waals surface area (Å²) in [5.41, 5.74) is 6.43. The first-order chi connectivity index (χ1) is 4.16. The Bertz CT molecular complexity index is 123. The van der Waals surface area contributed by atoms with Gasteiger partial charge in [-0.1, -0.05) is 0 Å². The molecule has 5 nitrogen and oxygen atoms in total. The largest absolute Gasteiger partial charge is 0.468 e. The number of amides is 2. The van der Waals surface area contributed by atoms with E-state index in [1.54, 1.807) is 0 Å². The van der Waals surface area contributed by atoms with Gasteiger partial charge in [-0.2, -0.15) is 5.48 Å². The summed E-state index contributed by atoms with van der Waals surface area (Å²) in [6.45, 7) is 3.23. The number of methoxy groups -OCH3 is 1. The predicted molar refractivity (Wildman–Crippen MR) is 30.0 cm³/mol. The van der Waals surface area contributed by atoms with Crippen molar-refractivity contribution in [3.63, 3.8) is 0 Å². The lowest BCUT2D eigenvalue weighted by molar-refractivity contribution is 0.0207. The Kier molecular flexibility index (Phi) is 3.04. The number of hydroxylamine groups is 1. The first kappa shape index (κ1) is 7.61. The monoisotopic (exact) mass is 132 g/mol. The SMILES string of the molecule is C=C(OC)ONC(N)=O. The highest BCUT2D eigenvalue weighted by atomic mass is 16.8. The van der Waals surface area contributed by atoms with Crippen molar-refractivity contribution < 1.29 is 14.4 Å². The predicted octanol–water partition coefficient (Wildman–Crippen LogP) is -0.296. The third-order valence-corrected chi connectivity index (χ3v) is 0.493. The molecule has 0 rings (SSSR count). The highest BCUT2D eigenvalue weighted by molar-refractivity contribution is 5.70. The molecule has 0 fully saturated rings. The summed E-state index contributed by atoms with van der Waals surface area (Å²) in [5.74, 6) is -0.0196. The van der Waals surface area contributed by atoms with Crippen LogP contribution in [0.15, 0.2) is 12.5 Å². The summed E-state index contributed by atoms with van der Waals surface area (Å²) >= 11 is 0. The van der Waals surface area contributed by atoms with Gasteiger partial charge in [0.1, 0.15) is 0 Å². The van der Waals surface area contributed by atoms with Gasteiger partial charge in [0.15, 0.2) is 0 Å². The Morgan fingerprint density at radius 2 is 2.33 bits per heavy atom. The van der Waals surface area contributed by atoms with Crippen LogP contribution < -0.4 is 11.2 Å². The van der Waals surface area contributed by atoms with Crippen LogP contribution in [-0.2, 0) is 9.57 Å². The lowest BCUT2D eigenvalue weighted by atomic mass is 11.0. The van der Waals surface area contributed by atoms with E-state index in [-0.39, 0.29) is 5.95 Å². The van der Waals surface area contributed by atoms with Crippen molar-refractivity contribution in [3.05, 3.63) is 12.5 Å². The summed E-state index contributed by atoms with van der Waals surface area (Å²) in [4.78, 5) is 14.2. The first-order valence-electron chi connectivity index (χ1n) is 2.12. The Balaban J connectivity index is 3.28. The van der Waals surface area contributed by atoms with E-state index in [1.165, 1.54) is 7.11 Å². The van der Waals surface area contributed by atoms with E-state index in [2.05, 4.69) is 21.9 Å². The highest BCUT2D eigenvalue weighted by Crippen LogP contribution is 1.86. The Labute approximate surface area is 52.4 Å². The average Bonchev–Trinajstić information content (AvgIpc) is 1.83. The van der Waals surface area contributed by atoms with Crippen LogP contribution in [0, 0.1) is 0 Å².